The molecular formula is C18H19Cl2N3O. The first-order chi connectivity index (χ1) is 11.7. The summed E-state index contributed by atoms with van der Waals surface area (Å²) in [5.74, 6) is 0.566. The van der Waals surface area contributed by atoms with Gasteiger partial charge in [-0.05, 0) is 49.6 Å². The number of methoxy groups -OCH3 is 1. The van der Waals surface area contributed by atoms with Crippen molar-refractivity contribution in [3.63, 3.8) is 0 Å². The van der Waals surface area contributed by atoms with Crippen LogP contribution in [0.2, 0.25) is 10.0 Å². The summed E-state index contributed by atoms with van der Waals surface area (Å²) in [5, 5.41) is 2.28. The Bertz CT molecular complexity index is 861. The normalized spacial score (nSPS) is 11.2. The highest BCUT2D eigenvalue weighted by molar-refractivity contribution is 6.40. The molecule has 0 saturated carbocycles. The Labute approximate surface area is 150 Å². The van der Waals surface area contributed by atoms with E-state index < -0.39 is 0 Å². The summed E-state index contributed by atoms with van der Waals surface area (Å²) in [7, 11) is 1.60. The summed E-state index contributed by atoms with van der Waals surface area (Å²) >= 11 is 12.8. The monoisotopic (exact) mass is 363 g/mol. The summed E-state index contributed by atoms with van der Waals surface area (Å²) in [6.07, 6.45) is 2.78. The van der Waals surface area contributed by atoms with E-state index in [-0.39, 0.29) is 0 Å². The highest BCUT2D eigenvalue weighted by Crippen LogP contribution is 2.38. The van der Waals surface area contributed by atoms with Crippen molar-refractivity contribution in [2.24, 2.45) is 5.73 Å². The zero-order chi connectivity index (χ0) is 17.1. The number of nitrogens with zero attached hydrogens (tertiary/aromatic N) is 1. The highest BCUT2D eigenvalue weighted by Gasteiger charge is 2.18. The van der Waals surface area contributed by atoms with Crippen LogP contribution in [0, 0.1) is 0 Å². The minimum atomic E-state index is 0.566. The lowest BCUT2D eigenvalue weighted by Crippen LogP contribution is -1.99. The second kappa shape index (κ2) is 7.43. The third-order valence-electron chi connectivity index (χ3n) is 4.03. The van der Waals surface area contributed by atoms with E-state index >= 15 is 0 Å². The largest absolute Gasteiger partial charge is 0.481 e. The number of halogens is 2. The molecule has 0 unspecified atom stereocenters. The molecule has 126 valence electrons. The van der Waals surface area contributed by atoms with Crippen LogP contribution in [-0.2, 0) is 6.42 Å². The quantitative estimate of drug-likeness (QED) is 0.616. The van der Waals surface area contributed by atoms with Crippen LogP contribution in [0.5, 0.6) is 5.88 Å². The Morgan fingerprint density at radius 1 is 1.12 bits per heavy atom. The summed E-state index contributed by atoms with van der Waals surface area (Å²) < 4.78 is 5.24. The van der Waals surface area contributed by atoms with Crippen LogP contribution in [-0.4, -0.2) is 23.6 Å². The van der Waals surface area contributed by atoms with Crippen molar-refractivity contribution in [2.45, 2.75) is 19.3 Å². The minimum Gasteiger partial charge on any atom is -0.481 e. The van der Waals surface area contributed by atoms with E-state index in [1.54, 1.807) is 13.2 Å². The van der Waals surface area contributed by atoms with Crippen LogP contribution < -0.4 is 10.5 Å². The Kier molecular flexibility index (Phi) is 5.29. The van der Waals surface area contributed by atoms with Gasteiger partial charge in [0, 0.05) is 11.5 Å². The summed E-state index contributed by atoms with van der Waals surface area (Å²) in [4.78, 5) is 7.94. The van der Waals surface area contributed by atoms with Crippen molar-refractivity contribution in [1.29, 1.82) is 0 Å². The number of hydrogen-bond acceptors (Lipinski definition) is 3. The number of aromatic amines is 1. The zero-order valence-corrected chi connectivity index (χ0v) is 14.9. The first-order valence-electron chi connectivity index (χ1n) is 7.85. The van der Waals surface area contributed by atoms with Crippen molar-refractivity contribution in [1.82, 2.24) is 9.97 Å². The number of ether oxygens (including phenoxy) is 1. The van der Waals surface area contributed by atoms with Crippen LogP contribution in [0.15, 0.2) is 30.3 Å². The van der Waals surface area contributed by atoms with Gasteiger partial charge < -0.3 is 15.5 Å². The number of H-pyrrole nitrogens is 1. The minimum absolute atomic E-state index is 0.566. The molecule has 3 N–H and O–H groups in total. The lowest BCUT2D eigenvalue weighted by Gasteiger charge is -2.06. The van der Waals surface area contributed by atoms with Gasteiger partial charge in [-0.3, -0.25) is 0 Å². The maximum atomic E-state index is 6.46. The molecule has 3 rings (SSSR count). The number of benzene rings is 1. The van der Waals surface area contributed by atoms with E-state index in [9.17, 15) is 0 Å². The van der Waals surface area contributed by atoms with E-state index in [0.29, 0.717) is 22.5 Å². The van der Waals surface area contributed by atoms with Gasteiger partial charge in [0.2, 0.25) is 5.88 Å². The molecule has 2 aromatic heterocycles. The van der Waals surface area contributed by atoms with Crippen molar-refractivity contribution in [2.75, 3.05) is 13.7 Å². The lowest BCUT2D eigenvalue weighted by atomic mass is 10.0. The predicted molar refractivity (Wildman–Crippen MR) is 100 cm³/mol. The van der Waals surface area contributed by atoms with Gasteiger partial charge in [0.05, 0.1) is 34.1 Å². The number of nitrogens with two attached hydrogens (primary N) is 1. The van der Waals surface area contributed by atoms with Gasteiger partial charge in [-0.1, -0.05) is 29.3 Å². The average Bonchev–Trinajstić information content (AvgIpc) is 2.99. The predicted octanol–water partition coefficient (Wildman–Crippen LogP) is 4.83. The third kappa shape index (κ3) is 3.22. The fraction of sp³-hybridized carbons (Fsp3) is 0.278. The standard InChI is InChI=1S/C18H19Cl2N3O/c1-24-15-7-4-6-14(22-15)17-11(5-2-3-10-21)16-12(19)8-9-13(20)18(16)23-17/h4,6-9,23H,2-3,5,10,21H2,1H3. The molecule has 0 bridgehead atoms. The molecular weight excluding hydrogens is 345 g/mol. The van der Waals surface area contributed by atoms with Crippen LogP contribution in [0.1, 0.15) is 18.4 Å². The first kappa shape index (κ1) is 17.1. The summed E-state index contributed by atoms with van der Waals surface area (Å²) in [6.45, 7) is 0.670. The SMILES string of the molecule is COc1cccc(-c2[nH]c3c(Cl)ccc(Cl)c3c2CCCCN)n1. The molecule has 4 nitrogen and oxygen atoms in total. The van der Waals surface area contributed by atoms with E-state index in [1.807, 2.05) is 24.3 Å². The van der Waals surface area contributed by atoms with Gasteiger partial charge in [0.1, 0.15) is 0 Å². The molecule has 1 aromatic carbocycles. The maximum absolute atomic E-state index is 6.46. The molecule has 24 heavy (non-hydrogen) atoms. The number of pyridine rings is 1. The smallest absolute Gasteiger partial charge is 0.213 e. The number of hydrogen-bond donors (Lipinski definition) is 2. The van der Waals surface area contributed by atoms with Crippen LogP contribution in [0.3, 0.4) is 0 Å². The Balaban J connectivity index is 2.19. The molecule has 0 spiro atoms. The molecule has 0 radical (unpaired) electrons. The second-order valence-corrected chi connectivity index (χ2v) is 6.38. The molecule has 0 aliphatic rings. The molecule has 2 heterocycles. The van der Waals surface area contributed by atoms with E-state index in [0.717, 1.165) is 47.1 Å². The molecule has 0 aliphatic heterocycles. The Hall–Kier alpha value is -1.75. The summed E-state index contributed by atoms with van der Waals surface area (Å²) in [6, 6.07) is 9.31. The van der Waals surface area contributed by atoms with Gasteiger partial charge in [0.15, 0.2) is 0 Å². The summed E-state index contributed by atoms with van der Waals surface area (Å²) in [5.41, 5.74) is 9.33. The molecule has 0 fully saturated rings. The van der Waals surface area contributed by atoms with E-state index in [2.05, 4.69) is 9.97 Å². The van der Waals surface area contributed by atoms with Crippen LogP contribution in [0.25, 0.3) is 22.3 Å². The number of nitrogens with one attached hydrogen (secondary N) is 1. The highest BCUT2D eigenvalue weighted by atomic mass is 35.5. The van der Waals surface area contributed by atoms with E-state index in [4.69, 9.17) is 33.7 Å². The van der Waals surface area contributed by atoms with Crippen molar-refractivity contribution >= 4 is 34.1 Å². The second-order valence-electron chi connectivity index (χ2n) is 5.57. The molecule has 0 atom stereocenters. The average molecular weight is 364 g/mol. The van der Waals surface area contributed by atoms with Gasteiger partial charge in [-0.15, -0.1) is 0 Å². The molecule has 0 saturated heterocycles. The van der Waals surface area contributed by atoms with Crippen molar-refractivity contribution in [3.8, 4) is 17.3 Å². The fourth-order valence-corrected chi connectivity index (χ4v) is 3.35. The zero-order valence-electron chi connectivity index (χ0n) is 13.4. The van der Waals surface area contributed by atoms with Crippen LogP contribution in [0.4, 0.5) is 0 Å². The third-order valence-corrected chi connectivity index (χ3v) is 4.66. The van der Waals surface area contributed by atoms with Gasteiger partial charge in [-0.2, -0.15) is 0 Å². The number of rotatable bonds is 6. The van der Waals surface area contributed by atoms with Gasteiger partial charge >= 0.3 is 0 Å². The van der Waals surface area contributed by atoms with Crippen molar-refractivity contribution in [3.05, 3.63) is 45.9 Å². The topological polar surface area (TPSA) is 63.9 Å². The first-order valence-corrected chi connectivity index (χ1v) is 8.61. The van der Waals surface area contributed by atoms with Crippen LogP contribution >= 0.6 is 23.2 Å². The number of unbranched alkanes of at least 4 members (excludes halogenated alkanes) is 1. The number of fused-ring (bicyclic) bond motifs is 1. The molecule has 0 amide bonds. The van der Waals surface area contributed by atoms with Gasteiger partial charge in [-0.25, -0.2) is 4.98 Å². The van der Waals surface area contributed by atoms with Crippen molar-refractivity contribution < 1.29 is 4.74 Å². The Morgan fingerprint density at radius 3 is 2.67 bits per heavy atom. The Morgan fingerprint density at radius 2 is 1.92 bits per heavy atom. The molecule has 3 aromatic rings. The molecule has 6 heteroatoms. The van der Waals surface area contributed by atoms with Gasteiger partial charge in [0.25, 0.3) is 0 Å². The van der Waals surface area contributed by atoms with E-state index in [1.165, 1.54) is 0 Å². The number of aromatic nitrogens is 2. The molecule has 0 aliphatic carbocycles. The maximum Gasteiger partial charge on any atom is 0.213 e. The fourth-order valence-electron chi connectivity index (χ4n) is 2.88. The number of aryl methyl sites for hydroxylation is 1. The lowest BCUT2D eigenvalue weighted by molar-refractivity contribution is 0.398.